The molecule has 0 spiro atoms. The maximum atomic E-state index is 6.19. The first-order chi connectivity index (χ1) is 27.3. The molecule has 0 saturated carbocycles. The zero-order chi connectivity index (χ0) is 36.3. The van der Waals surface area contributed by atoms with Gasteiger partial charge in [0.15, 0.2) is 0 Å². The van der Waals surface area contributed by atoms with Gasteiger partial charge in [-0.1, -0.05) is 133 Å². The van der Waals surface area contributed by atoms with E-state index in [9.17, 15) is 0 Å². The van der Waals surface area contributed by atoms with Crippen molar-refractivity contribution in [1.82, 2.24) is 4.57 Å². The van der Waals surface area contributed by atoms with E-state index in [1.54, 1.807) is 0 Å². The zero-order valence-corrected chi connectivity index (χ0v) is 29.9. The van der Waals surface area contributed by atoms with E-state index in [0.29, 0.717) is 0 Å². The van der Waals surface area contributed by atoms with Crippen molar-refractivity contribution in [3.63, 3.8) is 0 Å². The van der Waals surface area contributed by atoms with E-state index in [2.05, 4.69) is 204 Å². The molecule has 3 heteroatoms. The van der Waals surface area contributed by atoms with Gasteiger partial charge in [0.1, 0.15) is 11.2 Å². The van der Waals surface area contributed by atoms with Gasteiger partial charge >= 0.3 is 0 Å². The lowest BCUT2D eigenvalue weighted by Crippen LogP contribution is -2.11. The molecule has 258 valence electrons. The van der Waals surface area contributed by atoms with Crippen LogP contribution in [-0.2, 0) is 0 Å². The second-order valence-corrected chi connectivity index (χ2v) is 14.2. The van der Waals surface area contributed by atoms with Crippen molar-refractivity contribution in [3.8, 4) is 27.9 Å². The maximum Gasteiger partial charge on any atom is 0.136 e. The molecule has 0 bridgehead atoms. The van der Waals surface area contributed by atoms with Crippen LogP contribution in [0.2, 0.25) is 0 Å². The molecule has 2 aromatic heterocycles. The van der Waals surface area contributed by atoms with Crippen LogP contribution >= 0.6 is 0 Å². The number of anilines is 3. The first kappa shape index (κ1) is 31.2. The highest BCUT2D eigenvalue weighted by molar-refractivity contribution is 6.15. The van der Waals surface area contributed by atoms with Crippen molar-refractivity contribution in [2.45, 2.75) is 0 Å². The van der Waals surface area contributed by atoms with Crippen molar-refractivity contribution in [2.24, 2.45) is 0 Å². The summed E-state index contributed by atoms with van der Waals surface area (Å²) in [4.78, 5) is 2.41. The molecule has 11 aromatic rings. The fourth-order valence-electron chi connectivity index (χ4n) is 8.36. The molecule has 9 aromatic carbocycles. The van der Waals surface area contributed by atoms with Gasteiger partial charge in [0.05, 0.1) is 16.7 Å². The summed E-state index contributed by atoms with van der Waals surface area (Å²) in [5.41, 5.74) is 13.3. The second-order valence-electron chi connectivity index (χ2n) is 14.2. The van der Waals surface area contributed by atoms with Gasteiger partial charge in [-0.15, -0.1) is 0 Å². The lowest BCUT2D eigenvalue weighted by atomic mass is 9.99. The van der Waals surface area contributed by atoms with E-state index in [0.717, 1.165) is 55.8 Å². The van der Waals surface area contributed by atoms with E-state index in [1.165, 1.54) is 43.8 Å². The quantitative estimate of drug-likeness (QED) is 0.172. The summed E-state index contributed by atoms with van der Waals surface area (Å²) in [6.45, 7) is 0. The molecule has 3 nitrogen and oxygen atoms in total. The minimum Gasteiger partial charge on any atom is -0.456 e. The summed E-state index contributed by atoms with van der Waals surface area (Å²) in [7, 11) is 0. The van der Waals surface area contributed by atoms with Gasteiger partial charge in [-0.25, -0.2) is 0 Å². The Balaban J connectivity index is 1.09. The van der Waals surface area contributed by atoms with Crippen LogP contribution < -0.4 is 4.90 Å². The van der Waals surface area contributed by atoms with Gasteiger partial charge in [0, 0.05) is 38.6 Å². The van der Waals surface area contributed by atoms with E-state index in [-0.39, 0.29) is 0 Å². The summed E-state index contributed by atoms with van der Waals surface area (Å²) in [6, 6.07) is 74.1. The summed E-state index contributed by atoms with van der Waals surface area (Å²) in [5, 5.41) is 7.10. The third-order valence-electron chi connectivity index (χ3n) is 10.9. The van der Waals surface area contributed by atoms with Crippen LogP contribution in [0.15, 0.2) is 211 Å². The van der Waals surface area contributed by atoms with Crippen LogP contribution in [0.3, 0.4) is 0 Å². The Morgan fingerprint density at radius 3 is 1.87 bits per heavy atom. The average Bonchev–Trinajstić information content (AvgIpc) is 3.79. The Labute approximate surface area is 318 Å². The Kier molecular flexibility index (Phi) is 7.17. The molecule has 0 aliphatic rings. The summed E-state index contributed by atoms with van der Waals surface area (Å²) >= 11 is 0. The molecule has 0 saturated heterocycles. The standard InChI is InChI=1S/C52H34N2O/c1-3-13-35(14-4-1)37-15-11-18-43(32-37)53(49-23-12-21-46-44-19-7-9-22-48(44)54(52(46)49)41-16-5-2-6-17-41)42-29-27-36(28-30-42)38-25-26-39-34-51-47(33-40(39)31-38)45-20-8-10-24-50(45)55-51/h1-34H. The van der Waals surface area contributed by atoms with Crippen molar-refractivity contribution >= 4 is 71.6 Å². The van der Waals surface area contributed by atoms with Crippen LogP contribution in [0.5, 0.6) is 0 Å². The fourth-order valence-corrected chi connectivity index (χ4v) is 8.36. The second kappa shape index (κ2) is 12.6. The number of fused-ring (bicyclic) bond motifs is 7. The highest BCUT2D eigenvalue weighted by Crippen LogP contribution is 2.44. The number of aromatic nitrogens is 1. The Bertz CT molecular complexity index is 3190. The van der Waals surface area contributed by atoms with Gasteiger partial charge in [0.25, 0.3) is 0 Å². The summed E-state index contributed by atoms with van der Waals surface area (Å²) in [6.07, 6.45) is 0. The van der Waals surface area contributed by atoms with Crippen molar-refractivity contribution in [3.05, 3.63) is 206 Å². The smallest absolute Gasteiger partial charge is 0.136 e. The van der Waals surface area contributed by atoms with E-state index < -0.39 is 0 Å². The van der Waals surface area contributed by atoms with Gasteiger partial charge in [-0.3, -0.25) is 0 Å². The Hall–Kier alpha value is -7.36. The molecular formula is C52H34N2O. The van der Waals surface area contributed by atoms with Crippen LogP contribution in [0, 0.1) is 0 Å². The lowest BCUT2D eigenvalue weighted by molar-refractivity contribution is 0.669. The van der Waals surface area contributed by atoms with Crippen molar-refractivity contribution < 1.29 is 4.42 Å². The first-order valence-electron chi connectivity index (χ1n) is 18.8. The number of furan rings is 1. The summed E-state index contributed by atoms with van der Waals surface area (Å²) in [5.74, 6) is 0. The molecule has 0 atom stereocenters. The molecule has 0 unspecified atom stereocenters. The van der Waals surface area contributed by atoms with Gasteiger partial charge in [-0.2, -0.15) is 0 Å². The van der Waals surface area contributed by atoms with Crippen LogP contribution in [0.4, 0.5) is 17.1 Å². The maximum absolute atomic E-state index is 6.19. The Morgan fingerprint density at radius 1 is 0.364 bits per heavy atom. The van der Waals surface area contributed by atoms with Crippen LogP contribution in [0.1, 0.15) is 0 Å². The van der Waals surface area contributed by atoms with E-state index in [1.807, 2.05) is 12.1 Å². The van der Waals surface area contributed by atoms with E-state index >= 15 is 0 Å². The van der Waals surface area contributed by atoms with Crippen molar-refractivity contribution in [1.29, 1.82) is 0 Å². The largest absolute Gasteiger partial charge is 0.456 e. The molecular weight excluding hydrogens is 669 g/mol. The predicted molar refractivity (Wildman–Crippen MR) is 231 cm³/mol. The molecule has 0 radical (unpaired) electrons. The minimum absolute atomic E-state index is 0.919. The average molecular weight is 703 g/mol. The van der Waals surface area contributed by atoms with Crippen LogP contribution in [0.25, 0.3) is 82.5 Å². The number of hydrogen-bond donors (Lipinski definition) is 0. The van der Waals surface area contributed by atoms with Gasteiger partial charge < -0.3 is 13.9 Å². The molecule has 11 rings (SSSR count). The van der Waals surface area contributed by atoms with E-state index in [4.69, 9.17) is 4.42 Å². The topological polar surface area (TPSA) is 21.3 Å². The molecule has 0 amide bonds. The molecule has 55 heavy (non-hydrogen) atoms. The number of benzene rings is 9. The molecule has 0 N–H and O–H groups in total. The van der Waals surface area contributed by atoms with Crippen molar-refractivity contribution in [2.75, 3.05) is 4.90 Å². The Morgan fingerprint density at radius 2 is 1.02 bits per heavy atom. The highest BCUT2D eigenvalue weighted by Gasteiger charge is 2.22. The third kappa shape index (κ3) is 5.20. The van der Waals surface area contributed by atoms with Gasteiger partial charge in [-0.05, 0) is 106 Å². The normalized spacial score (nSPS) is 11.6. The third-order valence-corrected chi connectivity index (χ3v) is 10.9. The van der Waals surface area contributed by atoms with Crippen LogP contribution in [-0.4, -0.2) is 4.57 Å². The minimum atomic E-state index is 0.919. The predicted octanol–water partition coefficient (Wildman–Crippen LogP) is 14.6. The number of para-hydroxylation sites is 4. The first-order valence-corrected chi connectivity index (χ1v) is 18.8. The fraction of sp³-hybridized carbons (Fsp3) is 0. The highest BCUT2D eigenvalue weighted by atomic mass is 16.3. The number of rotatable bonds is 6. The molecule has 0 aliphatic heterocycles. The van der Waals surface area contributed by atoms with Gasteiger partial charge in [0.2, 0.25) is 0 Å². The molecule has 2 heterocycles. The molecule has 0 aliphatic carbocycles. The zero-order valence-electron chi connectivity index (χ0n) is 29.9. The SMILES string of the molecule is c1ccc(-c2cccc(N(c3ccc(-c4ccc5cc6oc7ccccc7c6cc5c4)cc3)c3cccc4c5ccccc5n(-c5ccccc5)c34)c2)cc1. The number of hydrogen-bond acceptors (Lipinski definition) is 2. The monoisotopic (exact) mass is 702 g/mol. The lowest BCUT2D eigenvalue weighted by Gasteiger charge is -2.28. The summed E-state index contributed by atoms with van der Waals surface area (Å²) < 4.78 is 8.60. The molecule has 0 fully saturated rings. The number of nitrogens with zero attached hydrogens (tertiary/aromatic N) is 2.